The van der Waals surface area contributed by atoms with E-state index in [9.17, 15) is 0 Å². The molecule has 116 valence electrons. The van der Waals surface area contributed by atoms with Crippen LogP contribution in [0.15, 0.2) is 42.5 Å². The molecule has 0 N–H and O–H groups in total. The molecule has 2 aromatic carbocycles. The van der Waals surface area contributed by atoms with Crippen molar-refractivity contribution < 1.29 is 0 Å². The van der Waals surface area contributed by atoms with Crippen LogP contribution in [0.4, 0.5) is 11.4 Å². The monoisotopic (exact) mass is 294 g/mol. The molecule has 0 unspecified atom stereocenters. The van der Waals surface area contributed by atoms with E-state index in [0.29, 0.717) is 0 Å². The van der Waals surface area contributed by atoms with E-state index in [1.807, 2.05) is 0 Å². The SMILES string of the molecule is CCCc1cc(N2CCN(c3ccc(C)cc3)C2)ccc1C. The summed E-state index contributed by atoms with van der Waals surface area (Å²) in [5.74, 6) is 0. The lowest BCUT2D eigenvalue weighted by molar-refractivity contribution is 0.904. The fraction of sp³-hybridized carbons (Fsp3) is 0.400. The lowest BCUT2D eigenvalue weighted by atomic mass is 10.0. The summed E-state index contributed by atoms with van der Waals surface area (Å²) in [6.07, 6.45) is 2.38. The van der Waals surface area contributed by atoms with Gasteiger partial charge in [-0.1, -0.05) is 37.1 Å². The fourth-order valence-electron chi connectivity index (χ4n) is 3.16. The minimum absolute atomic E-state index is 0.984. The van der Waals surface area contributed by atoms with Gasteiger partial charge in [0, 0.05) is 24.5 Å². The van der Waals surface area contributed by atoms with Gasteiger partial charge in [-0.05, 0) is 55.7 Å². The van der Waals surface area contributed by atoms with E-state index in [-0.39, 0.29) is 0 Å². The summed E-state index contributed by atoms with van der Waals surface area (Å²) in [6, 6.07) is 15.8. The van der Waals surface area contributed by atoms with Crippen molar-refractivity contribution in [3.63, 3.8) is 0 Å². The molecule has 0 bridgehead atoms. The standard InChI is InChI=1S/C20H26N2/c1-4-5-18-14-20(11-8-17(18)3)22-13-12-21(15-22)19-9-6-16(2)7-10-19/h6-11,14H,4-5,12-13,15H2,1-3H3. The van der Waals surface area contributed by atoms with Crippen molar-refractivity contribution in [3.8, 4) is 0 Å². The third-order valence-corrected chi connectivity index (χ3v) is 4.60. The van der Waals surface area contributed by atoms with Crippen LogP contribution in [0.3, 0.4) is 0 Å². The maximum Gasteiger partial charge on any atom is 0.0904 e. The molecule has 22 heavy (non-hydrogen) atoms. The van der Waals surface area contributed by atoms with Crippen molar-refractivity contribution in [2.45, 2.75) is 33.6 Å². The van der Waals surface area contributed by atoms with Crippen LogP contribution in [0.2, 0.25) is 0 Å². The van der Waals surface area contributed by atoms with E-state index in [1.165, 1.54) is 40.9 Å². The molecule has 0 amide bonds. The van der Waals surface area contributed by atoms with Crippen LogP contribution in [-0.4, -0.2) is 19.8 Å². The van der Waals surface area contributed by atoms with Crippen LogP contribution < -0.4 is 9.80 Å². The highest BCUT2D eigenvalue weighted by Gasteiger charge is 2.20. The van der Waals surface area contributed by atoms with Gasteiger partial charge in [0.25, 0.3) is 0 Å². The van der Waals surface area contributed by atoms with Crippen molar-refractivity contribution >= 4 is 11.4 Å². The van der Waals surface area contributed by atoms with E-state index in [4.69, 9.17) is 0 Å². The van der Waals surface area contributed by atoms with Crippen LogP contribution in [-0.2, 0) is 6.42 Å². The molecule has 2 aromatic rings. The molecule has 3 rings (SSSR count). The van der Waals surface area contributed by atoms with E-state index in [2.05, 4.69) is 73.0 Å². The first-order chi connectivity index (χ1) is 10.7. The topological polar surface area (TPSA) is 6.48 Å². The lowest BCUT2D eigenvalue weighted by Crippen LogP contribution is -2.25. The third kappa shape index (κ3) is 3.11. The lowest BCUT2D eigenvalue weighted by Gasteiger charge is -2.22. The van der Waals surface area contributed by atoms with Crippen molar-refractivity contribution in [2.24, 2.45) is 0 Å². The number of anilines is 2. The van der Waals surface area contributed by atoms with E-state index >= 15 is 0 Å². The molecule has 0 aromatic heterocycles. The van der Waals surface area contributed by atoms with Crippen molar-refractivity contribution in [2.75, 3.05) is 29.6 Å². The first kappa shape index (κ1) is 15.0. The highest BCUT2D eigenvalue weighted by atomic mass is 15.4. The molecular weight excluding hydrogens is 268 g/mol. The van der Waals surface area contributed by atoms with E-state index < -0.39 is 0 Å². The van der Waals surface area contributed by atoms with Gasteiger partial charge in [0.15, 0.2) is 0 Å². The zero-order valence-electron chi connectivity index (χ0n) is 14.0. The molecule has 1 fully saturated rings. The Kier molecular flexibility index (Phi) is 4.37. The Balaban J connectivity index is 1.75. The van der Waals surface area contributed by atoms with Crippen molar-refractivity contribution in [1.82, 2.24) is 0 Å². The fourth-order valence-corrected chi connectivity index (χ4v) is 3.16. The molecule has 1 saturated heterocycles. The Morgan fingerprint density at radius 1 is 0.864 bits per heavy atom. The minimum atomic E-state index is 0.984. The number of hydrogen-bond donors (Lipinski definition) is 0. The number of nitrogens with zero attached hydrogens (tertiary/aromatic N) is 2. The van der Waals surface area contributed by atoms with Crippen LogP contribution in [0.1, 0.15) is 30.0 Å². The van der Waals surface area contributed by atoms with Crippen LogP contribution >= 0.6 is 0 Å². The summed E-state index contributed by atoms with van der Waals surface area (Å²) < 4.78 is 0. The molecule has 0 saturated carbocycles. The Labute approximate surface area is 134 Å². The second-order valence-corrected chi connectivity index (χ2v) is 6.36. The summed E-state index contributed by atoms with van der Waals surface area (Å²) in [4.78, 5) is 4.94. The van der Waals surface area contributed by atoms with Gasteiger partial charge in [-0.2, -0.15) is 0 Å². The number of rotatable bonds is 4. The molecule has 1 aliphatic heterocycles. The predicted molar refractivity (Wildman–Crippen MR) is 95.9 cm³/mol. The predicted octanol–water partition coefficient (Wildman–Crippen LogP) is 4.54. The zero-order valence-corrected chi connectivity index (χ0v) is 14.0. The molecule has 1 heterocycles. The second kappa shape index (κ2) is 6.43. The van der Waals surface area contributed by atoms with E-state index in [0.717, 1.165) is 19.8 Å². The Morgan fingerprint density at radius 3 is 2.18 bits per heavy atom. The molecule has 0 aliphatic carbocycles. The van der Waals surface area contributed by atoms with Gasteiger partial charge in [-0.25, -0.2) is 0 Å². The average Bonchev–Trinajstić information content (AvgIpc) is 3.00. The first-order valence-corrected chi connectivity index (χ1v) is 8.33. The van der Waals surface area contributed by atoms with Gasteiger partial charge in [0.1, 0.15) is 0 Å². The summed E-state index contributed by atoms with van der Waals surface area (Å²) >= 11 is 0. The van der Waals surface area contributed by atoms with Crippen LogP contribution in [0.5, 0.6) is 0 Å². The summed E-state index contributed by atoms with van der Waals surface area (Å²) in [7, 11) is 0. The molecule has 0 radical (unpaired) electrons. The number of hydrogen-bond acceptors (Lipinski definition) is 2. The molecular formula is C20H26N2. The van der Waals surface area contributed by atoms with Gasteiger partial charge in [-0.3, -0.25) is 0 Å². The maximum absolute atomic E-state index is 2.48. The Hall–Kier alpha value is -1.96. The van der Waals surface area contributed by atoms with Crippen LogP contribution in [0, 0.1) is 13.8 Å². The molecule has 1 aliphatic rings. The van der Waals surface area contributed by atoms with Gasteiger partial charge in [0.05, 0.1) is 6.67 Å². The molecule has 2 nitrogen and oxygen atoms in total. The quantitative estimate of drug-likeness (QED) is 0.817. The largest absolute Gasteiger partial charge is 0.352 e. The van der Waals surface area contributed by atoms with Crippen molar-refractivity contribution in [3.05, 3.63) is 59.2 Å². The van der Waals surface area contributed by atoms with Gasteiger partial charge in [-0.15, -0.1) is 0 Å². The smallest absolute Gasteiger partial charge is 0.0904 e. The highest BCUT2D eigenvalue weighted by molar-refractivity contribution is 5.56. The summed E-state index contributed by atoms with van der Waals surface area (Å²) in [6.45, 7) is 9.79. The second-order valence-electron chi connectivity index (χ2n) is 6.36. The summed E-state index contributed by atoms with van der Waals surface area (Å²) in [5, 5.41) is 0. The minimum Gasteiger partial charge on any atom is -0.352 e. The normalized spacial score (nSPS) is 14.7. The average molecular weight is 294 g/mol. The third-order valence-electron chi connectivity index (χ3n) is 4.60. The van der Waals surface area contributed by atoms with Gasteiger partial charge >= 0.3 is 0 Å². The Bertz CT molecular complexity index is 631. The maximum atomic E-state index is 2.48. The van der Waals surface area contributed by atoms with Gasteiger partial charge < -0.3 is 9.80 Å². The molecule has 2 heteroatoms. The van der Waals surface area contributed by atoms with Gasteiger partial charge in [0.2, 0.25) is 0 Å². The molecule has 0 atom stereocenters. The Morgan fingerprint density at radius 2 is 1.50 bits per heavy atom. The highest BCUT2D eigenvalue weighted by Crippen LogP contribution is 2.25. The molecule has 0 spiro atoms. The summed E-state index contributed by atoms with van der Waals surface area (Å²) in [5.41, 5.74) is 6.93. The van der Waals surface area contributed by atoms with E-state index in [1.54, 1.807) is 0 Å². The number of benzene rings is 2. The van der Waals surface area contributed by atoms with Crippen molar-refractivity contribution in [1.29, 1.82) is 0 Å². The number of aryl methyl sites for hydroxylation is 3. The van der Waals surface area contributed by atoms with Crippen LogP contribution in [0.25, 0.3) is 0 Å². The first-order valence-electron chi connectivity index (χ1n) is 8.33. The zero-order chi connectivity index (χ0) is 15.5.